The Kier molecular flexibility index (Phi) is 3.93. The van der Waals surface area contributed by atoms with Gasteiger partial charge in [-0.1, -0.05) is 19.3 Å². The Morgan fingerprint density at radius 1 is 1.22 bits per heavy atom. The third-order valence-corrected chi connectivity index (χ3v) is 5.54. The van der Waals surface area contributed by atoms with Crippen molar-refractivity contribution in [3.8, 4) is 17.7 Å². The average Bonchev–Trinajstić information content (AvgIpc) is 3.43. The lowest BCUT2D eigenvalue weighted by Crippen LogP contribution is -2.14. The van der Waals surface area contributed by atoms with Crippen LogP contribution in [0.25, 0.3) is 33.7 Å². The van der Waals surface area contributed by atoms with Crippen LogP contribution in [0.4, 0.5) is 0 Å². The van der Waals surface area contributed by atoms with Gasteiger partial charge in [0, 0.05) is 30.5 Å². The lowest BCUT2D eigenvalue weighted by atomic mass is 9.95. The first kappa shape index (κ1) is 16.1. The molecule has 0 unspecified atom stereocenters. The third-order valence-electron chi connectivity index (χ3n) is 5.54. The van der Waals surface area contributed by atoms with E-state index in [1.54, 1.807) is 0 Å². The van der Waals surface area contributed by atoms with E-state index in [4.69, 9.17) is 14.7 Å². The summed E-state index contributed by atoms with van der Waals surface area (Å²) in [6, 6.07) is 8.62. The number of nitrogens with one attached hydrogen (secondary N) is 1. The minimum Gasteiger partial charge on any atom is -0.458 e. The van der Waals surface area contributed by atoms with E-state index in [0.717, 1.165) is 52.3 Å². The zero-order chi connectivity index (χ0) is 18.2. The van der Waals surface area contributed by atoms with Gasteiger partial charge in [0.2, 0.25) is 0 Å². The van der Waals surface area contributed by atoms with Gasteiger partial charge in [0.15, 0.2) is 11.6 Å². The maximum Gasteiger partial charge on any atom is 0.177 e. The molecule has 4 aromatic rings. The predicted octanol–water partition coefficient (Wildman–Crippen LogP) is 5.13. The number of nitrogens with zero attached hydrogens (tertiary/aromatic N) is 4. The fraction of sp³-hybridized carbons (Fsp3) is 0.381. The van der Waals surface area contributed by atoms with Crippen LogP contribution in [-0.2, 0) is 6.42 Å². The molecule has 4 heterocycles. The van der Waals surface area contributed by atoms with Crippen molar-refractivity contribution in [1.82, 2.24) is 19.5 Å². The Hall–Kier alpha value is -3.07. The summed E-state index contributed by atoms with van der Waals surface area (Å²) in [7, 11) is 0. The van der Waals surface area contributed by atoms with Crippen molar-refractivity contribution in [1.29, 1.82) is 5.26 Å². The fourth-order valence-corrected chi connectivity index (χ4v) is 4.27. The summed E-state index contributed by atoms with van der Waals surface area (Å²) in [6.07, 6.45) is 11.0. The molecule has 5 rings (SSSR count). The van der Waals surface area contributed by atoms with Crippen LogP contribution in [-0.4, -0.2) is 19.5 Å². The molecule has 6 nitrogen and oxygen atoms in total. The quantitative estimate of drug-likeness (QED) is 0.547. The average molecular weight is 359 g/mol. The first-order valence-corrected chi connectivity index (χ1v) is 9.65. The van der Waals surface area contributed by atoms with Crippen molar-refractivity contribution in [2.24, 2.45) is 0 Å². The van der Waals surface area contributed by atoms with Crippen molar-refractivity contribution in [2.45, 2.75) is 51.0 Å². The van der Waals surface area contributed by atoms with E-state index in [-0.39, 0.29) is 0 Å². The van der Waals surface area contributed by atoms with Crippen LogP contribution in [0.3, 0.4) is 0 Å². The molecule has 0 atom stereocenters. The van der Waals surface area contributed by atoms with Gasteiger partial charge in [-0.05, 0) is 31.0 Å². The number of imidazole rings is 1. The minimum absolute atomic E-state index is 0.423. The molecule has 27 heavy (non-hydrogen) atoms. The molecule has 1 aliphatic rings. The van der Waals surface area contributed by atoms with Crippen LogP contribution in [0, 0.1) is 11.3 Å². The van der Waals surface area contributed by atoms with Gasteiger partial charge in [-0.15, -0.1) is 0 Å². The zero-order valence-corrected chi connectivity index (χ0v) is 15.1. The molecular weight excluding hydrogens is 338 g/mol. The number of aromatic nitrogens is 4. The second kappa shape index (κ2) is 6.58. The van der Waals surface area contributed by atoms with Gasteiger partial charge in [0.25, 0.3) is 0 Å². The smallest absolute Gasteiger partial charge is 0.177 e. The van der Waals surface area contributed by atoms with Crippen LogP contribution < -0.4 is 0 Å². The lowest BCUT2D eigenvalue weighted by Gasteiger charge is -2.25. The molecule has 0 bridgehead atoms. The van der Waals surface area contributed by atoms with Crippen molar-refractivity contribution in [3.63, 3.8) is 0 Å². The van der Waals surface area contributed by atoms with Crippen molar-refractivity contribution in [3.05, 3.63) is 36.4 Å². The topological polar surface area (TPSA) is 83.4 Å². The largest absolute Gasteiger partial charge is 0.458 e. The van der Waals surface area contributed by atoms with Crippen LogP contribution in [0.5, 0.6) is 0 Å². The number of furan rings is 1. The van der Waals surface area contributed by atoms with E-state index in [1.165, 1.54) is 19.3 Å². The number of hydrogen-bond donors (Lipinski definition) is 1. The molecule has 0 aliphatic heterocycles. The first-order valence-electron chi connectivity index (χ1n) is 9.65. The molecule has 0 radical (unpaired) electrons. The lowest BCUT2D eigenvalue weighted by molar-refractivity contribution is 0.360. The third kappa shape index (κ3) is 2.71. The van der Waals surface area contributed by atoms with Gasteiger partial charge in [-0.25, -0.2) is 9.97 Å². The maximum absolute atomic E-state index is 8.82. The highest BCUT2D eigenvalue weighted by molar-refractivity contribution is 6.02. The molecule has 136 valence electrons. The Bertz CT molecular complexity index is 1140. The van der Waals surface area contributed by atoms with Crippen LogP contribution >= 0.6 is 0 Å². The van der Waals surface area contributed by atoms with E-state index in [9.17, 15) is 0 Å². The molecule has 0 aromatic carbocycles. The van der Waals surface area contributed by atoms with Crippen LogP contribution in [0.15, 0.2) is 35.0 Å². The molecule has 0 spiro atoms. The summed E-state index contributed by atoms with van der Waals surface area (Å²) < 4.78 is 8.44. The van der Waals surface area contributed by atoms with Crippen molar-refractivity contribution in [2.75, 3.05) is 0 Å². The van der Waals surface area contributed by atoms with Crippen LogP contribution in [0.1, 0.15) is 50.3 Å². The number of pyridine rings is 1. The molecule has 1 aliphatic carbocycles. The van der Waals surface area contributed by atoms with E-state index in [0.29, 0.717) is 18.9 Å². The fourth-order valence-electron chi connectivity index (χ4n) is 4.27. The molecular formula is C21H21N5O. The van der Waals surface area contributed by atoms with E-state index >= 15 is 0 Å². The van der Waals surface area contributed by atoms with Crippen molar-refractivity contribution < 1.29 is 4.42 Å². The molecule has 0 saturated heterocycles. The second-order valence-electron chi connectivity index (χ2n) is 7.25. The summed E-state index contributed by atoms with van der Waals surface area (Å²) in [6.45, 7) is 0. The summed E-state index contributed by atoms with van der Waals surface area (Å²) in [5.74, 6) is 2.47. The number of nitriles is 1. The highest BCUT2D eigenvalue weighted by atomic mass is 16.3. The highest BCUT2D eigenvalue weighted by Crippen LogP contribution is 2.38. The predicted molar refractivity (Wildman–Crippen MR) is 103 cm³/mol. The SMILES string of the molecule is N#CCCc1ccc(-c2nc3cnc4[nH]ccc4c3n2C2CCCCC2)o1. The Morgan fingerprint density at radius 2 is 2.11 bits per heavy atom. The number of fused-ring (bicyclic) bond motifs is 3. The van der Waals surface area contributed by atoms with Crippen LogP contribution in [0.2, 0.25) is 0 Å². The molecule has 1 fully saturated rings. The molecule has 1 N–H and O–H groups in total. The number of rotatable bonds is 4. The van der Waals surface area contributed by atoms with Crippen molar-refractivity contribution >= 4 is 22.1 Å². The normalized spacial score (nSPS) is 15.5. The number of hydrogen-bond acceptors (Lipinski definition) is 4. The Labute approximate surface area is 156 Å². The van der Waals surface area contributed by atoms with Gasteiger partial charge in [-0.3, -0.25) is 0 Å². The van der Waals surface area contributed by atoms with Gasteiger partial charge < -0.3 is 14.0 Å². The monoisotopic (exact) mass is 359 g/mol. The number of aromatic amines is 1. The van der Waals surface area contributed by atoms with E-state index < -0.39 is 0 Å². The summed E-state index contributed by atoms with van der Waals surface area (Å²) in [4.78, 5) is 12.6. The standard InChI is InChI=1S/C21H21N5O/c22-11-4-7-15-8-9-18(27-15)21-25-17-13-24-20-16(10-12-23-20)19(17)26(21)14-5-2-1-3-6-14/h8-10,12-14H,1-7H2,(H,23,24). The van der Waals surface area contributed by atoms with Gasteiger partial charge in [0.1, 0.15) is 16.9 Å². The number of aryl methyl sites for hydroxylation is 1. The minimum atomic E-state index is 0.423. The summed E-state index contributed by atoms with van der Waals surface area (Å²) in [5.41, 5.74) is 2.93. The summed E-state index contributed by atoms with van der Waals surface area (Å²) >= 11 is 0. The molecule has 1 saturated carbocycles. The molecule has 0 amide bonds. The second-order valence-corrected chi connectivity index (χ2v) is 7.25. The summed E-state index contributed by atoms with van der Waals surface area (Å²) in [5, 5.41) is 9.93. The molecule has 6 heteroatoms. The zero-order valence-electron chi connectivity index (χ0n) is 15.1. The maximum atomic E-state index is 8.82. The Balaban J connectivity index is 1.71. The van der Waals surface area contributed by atoms with Gasteiger partial charge in [0.05, 0.1) is 17.8 Å². The van der Waals surface area contributed by atoms with Gasteiger partial charge in [-0.2, -0.15) is 5.26 Å². The van der Waals surface area contributed by atoms with E-state index in [1.807, 2.05) is 24.5 Å². The highest BCUT2D eigenvalue weighted by Gasteiger charge is 2.25. The van der Waals surface area contributed by atoms with E-state index in [2.05, 4.69) is 26.7 Å². The van der Waals surface area contributed by atoms with Gasteiger partial charge >= 0.3 is 0 Å². The number of H-pyrrole nitrogens is 1. The molecule has 4 aromatic heterocycles. The Morgan fingerprint density at radius 3 is 2.96 bits per heavy atom. The first-order chi connectivity index (χ1) is 13.3.